The fourth-order valence-electron chi connectivity index (χ4n) is 3.85. The first-order valence-corrected chi connectivity index (χ1v) is 11.0. The van der Waals surface area contributed by atoms with Crippen LogP contribution in [0.3, 0.4) is 0 Å². The highest BCUT2D eigenvalue weighted by Gasteiger charge is 2.22. The molecule has 0 aromatic heterocycles. The Morgan fingerprint density at radius 2 is 1.70 bits per heavy atom. The van der Waals surface area contributed by atoms with Crippen molar-refractivity contribution in [1.82, 2.24) is 10.2 Å². The van der Waals surface area contributed by atoms with Crippen molar-refractivity contribution in [1.29, 1.82) is 0 Å². The highest BCUT2D eigenvalue weighted by molar-refractivity contribution is 5.94. The van der Waals surface area contributed by atoms with E-state index in [0.29, 0.717) is 25.3 Å². The van der Waals surface area contributed by atoms with Crippen molar-refractivity contribution in [3.8, 4) is 0 Å². The van der Waals surface area contributed by atoms with E-state index < -0.39 is 0 Å². The molecule has 3 rings (SSSR count). The van der Waals surface area contributed by atoms with Gasteiger partial charge in [-0.05, 0) is 49.9 Å². The van der Waals surface area contributed by atoms with Crippen molar-refractivity contribution in [2.45, 2.75) is 45.4 Å². The van der Waals surface area contributed by atoms with Crippen molar-refractivity contribution < 1.29 is 14.3 Å². The van der Waals surface area contributed by atoms with Crippen molar-refractivity contribution in [3.63, 3.8) is 0 Å². The molecule has 2 atom stereocenters. The van der Waals surface area contributed by atoms with E-state index in [1.54, 1.807) is 0 Å². The van der Waals surface area contributed by atoms with Crippen LogP contribution in [0.25, 0.3) is 0 Å². The number of morpholine rings is 1. The van der Waals surface area contributed by atoms with Crippen LogP contribution in [0, 0.1) is 0 Å². The average Bonchev–Trinajstić information content (AvgIpc) is 2.73. The molecular formula is C25H34N2O3. The minimum Gasteiger partial charge on any atom is -0.381 e. The van der Waals surface area contributed by atoms with Gasteiger partial charge in [-0.3, -0.25) is 9.69 Å². The highest BCUT2D eigenvalue weighted by Crippen LogP contribution is 2.14. The highest BCUT2D eigenvalue weighted by atomic mass is 16.5. The van der Waals surface area contributed by atoms with E-state index in [-0.39, 0.29) is 18.1 Å². The molecule has 30 heavy (non-hydrogen) atoms. The molecule has 0 saturated carbocycles. The van der Waals surface area contributed by atoms with Gasteiger partial charge in [0.2, 0.25) is 0 Å². The Morgan fingerprint density at radius 1 is 1.00 bits per heavy atom. The quantitative estimate of drug-likeness (QED) is 0.607. The van der Waals surface area contributed by atoms with Gasteiger partial charge in [-0.15, -0.1) is 0 Å². The van der Waals surface area contributed by atoms with Crippen LogP contribution in [0.5, 0.6) is 0 Å². The van der Waals surface area contributed by atoms with Crippen LogP contribution in [-0.2, 0) is 22.4 Å². The molecule has 162 valence electrons. The molecule has 1 fully saturated rings. The van der Waals surface area contributed by atoms with Gasteiger partial charge in [0.15, 0.2) is 0 Å². The number of nitrogens with zero attached hydrogens (tertiary/aromatic N) is 1. The van der Waals surface area contributed by atoms with E-state index in [1.807, 2.05) is 42.5 Å². The molecule has 1 N–H and O–H groups in total. The van der Waals surface area contributed by atoms with E-state index >= 15 is 0 Å². The summed E-state index contributed by atoms with van der Waals surface area (Å²) >= 11 is 0. The van der Waals surface area contributed by atoms with Gasteiger partial charge in [0.1, 0.15) is 0 Å². The van der Waals surface area contributed by atoms with Crippen LogP contribution in [0.2, 0.25) is 0 Å². The molecule has 2 unspecified atom stereocenters. The van der Waals surface area contributed by atoms with E-state index in [2.05, 4.69) is 36.2 Å². The third kappa shape index (κ3) is 7.56. The molecule has 0 aliphatic carbocycles. The number of nitrogens with one attached hydrogen (secondary N) is 1. The van der Waals surface area contributed by atoms with Gasteiger partial charge in [0.05, 0.1) is 18.8 Å². The van der Waals surface area contributed by atoms with Crippen LogP contribution in [0.4, 0.5) is 0 Å². The normalized spacial score (nSPS) is 19.5. The lowest BCUT2D eigenvalue weighted by atomic mass is 10.1. The number of amides is 1. The third-order valence-electron chi connectivity index (χ3n) is 5.25. The SMILES string of the molecule is CC1CN(Cc2ccc(C(=O)NCCCOCCc3ccccc3)cc2)CC(C)O1. The van der Waals surface area contributed by atoms with Gasteiger partial charge >= 0.3 is 0 Å². The number of hydrogen-bond acceptors (Lipinski definition) is 4. The predicted molar refractivity (Wildman–Crippen MR) is 120 cm³/mol. The summed E-state index contributed by atoms with van der Waals surface area (Å²) in [6.45, 7) is 8.99. The second-order valence-electron chi connectivity index (χ2n) is 8.11. The second kappa shape index (κ2) is 11.8. The fraction of sp³-hybridized carbons (Fsp3) is 0.480. The Morgan fingerprint density at radius 3 is 2.40 bits per heavy atom. The maximum Gasteiger partial charge on any atom is 0.251 e. The summed E-state index contributed by atoms with van der Waals surface area (Å²) in [6, 6.07) is 18.2. The summed E-state index contributed by atoms with van der Waals surface area (Å²) in [5.41, 5.74) is 3.21. The smallest absolute Gasteiger partial charge is 0.251 e. The molecule has 1 aliphatic rings. The average molecular weight is 411 g/mol. The van der Waals surface area contributed by atoms with Crippen molar-refractivity contribution >= 4 is 5.91 Å². The van der Waals surface area contributed by atoms with Crippen molar-refractivity contribution in [2.75, 3.05) is 32.8 Å². The third-order valence-corrected chi connectivity index (χ3v) is 5.25. The lowest BCUT2D eigenvalue weighted by Crippen LogP contribution is -2.44. The monoisotopic (exact) mass is 410 g/mol. The summed E-state index contributed by atoms with van der Waals surface area (Å²) in [4.78, 5) is 14.7. The molecule has 2 aromatic carbocycles. The maximum atomic E-state index is 12.3. The number of carbonyl (C=O) groups is 1. The number of hydrogen-bond donors (Lipinski definition) is 1. The largest absolute Gasteiger partial charge is 0.381 e. The Hall–Kier alpha value is -2.21. The van der Waals surface area contributed by atoms with Crippen LogP contribution in [0.15, 0.2) is 54.6 Å². The van der Waals surface area contributed by atoms with Gasteiger partial charge in [-0.2, -0.15) is 0 Å². The summed E-state index contributed by atoms with van der Waals surface area (Å²) in [6.07, 6.45) is 2.26. The lowest BCUT2D eigenvalue weighted by Gasteiger charge is -2.35. The minimum atomic E-state index is -0.0283. The van der Waals surface area contributed by atoms with Gasteiger partial charge in [0, 0.05) is 38.3 Å². The lowest BCUT2D eigenvalue weighted by molar-refractivity contribution is -0.0704. The summed E-state index contributed by atoms with van der Waals surface area (Å²) < 4.78 is 11.5. The standard InChI is InChI=1S/C25H34N2O3/c1-20-17-27(18-21(2)30-20)19-23-9-11-24(12-10-23)25(28)26-14-6-15-29-16-13-22-7-4-3-5-8-22/h3-5,7-12,20-21H,6,13-19H2,1-2H3,(H,26,28). The van der Waals surface area contributed by atoms with Gasteiger partial charge in [0.25, 0.3) is 5.91 Å². The van der Waals surface area contributed by atoms with Crippen molar-refractivity contribution in [3.05, 3.63) is 71.3 Å². The van der Waals surface area contributed by atoms with Crippen LogP contribution < -0.4 is 5.32 Å². The molecule has 1 amide bonds. The van der Waals surface area contributed by atoms with Gasteiger partial charge in [-0.25, -0.2) is 0 Å². The van der Waals surface area contributed by atoms with Gasteiger partial charge < -0.3 is 14.8 Å². The Kier molecular flexibility index (Phi) is 8.87. The fourth-order valence-corrected chi connectivity index (χ4v) is 3.85. The van der Waals surface area contributed by atoms with E-state index in [9.17, 15) is 4.79 Å². The first-order valence-electron chi connectivity index (χ1n) is 11.0. The topological polar surface area (TPSA) is 50.8 Å². The zero-order valence-corrected chi connectivity index (χ0v) is 18.2. The number of ether oxygens (including phenoxy) is 2. The molecule has 1 heterocycles. The van der Waals surface area contributed by atoms with E-state index in [1.165, 1.54) is 11.1 Å². The summed E-state index contributed by atoms with van der Waals surface area (Å²) in [5, 5.41) is 2.97. The first kappa shape index (κ1) is 22.5. The molecule has 5 heteroatoms. The Balaban J connectivity index is 1.30. The van der Waals surface area contributed by atoms with E-state index in [0.717, 1.165) is 32.5 Å². The number of carbonyl (C=O) groups excluding carboxylic acids is 1. The van der Waals surface area contributed by atoms with Gasteiger partial charge in [-0.1, -0.05) is 42.5 Å². The zero-order chi connectivity index (χ0) is 21.2. The minimum absolute atomic E-state index is 0.0283. The molecule has 1 aliphatic heterocycles. The summed E-state index contributed by atoms with van der Waals surface area (Å²) in [7, 11) is 0. The maximum absolute atomic E-state index is 12.3. The molecule has 0 bridgehead atoms. The Bertz CT molecular complexity index is 754. The van der Waals surface area contributed by atoms with Crippen LogP contribution in [-0.4, -0.2) is 55.9 Å². The molecule has 0 spiro atoms. The molecule has 2 aromatic rings. The molecule has 0 radical (unpaired) electrons. The molecule has 5 nitrogen and oxygen atoms in total. The zero-order valence-electron chi connectivity index (χ0n) is 18.2. The first-order chi connectivity index (χ1) is 14.6. The molecule has 1 saturated heterocycles. The second-order valence-corrected chi connectivity index (χ2v) is 8.11. The van der Waals surface area contributed by atoms with Crippen molar-refractivity contribution in [2.24, 2.45) is 0 Å². The molecular weight excluding hydrogens is 376 g/mol. The number of benzene rings is 2. The van der Waals surface area contributed by atoms with E-state index in [4.69, 9.17) is 9.47 Å². The predicted octanol–water partition coefficient (Wildman–Crippen LogP) is 3.68. The summed E-state index contributed by atoms with van der Waals surface area (Å²) in [5.74, 6) is -0.0283. The Labute approximate surface area is 180 Å². The van der Waals surface area contributed by atoms with Crippen LogP contribution in [0.1, 0.15) is 41.8 Å². The van der Waals surface area contributed by atoms with Crippen LogP contribution >= 0.6 is 0 Å². The number of rotatable bonds is 10.